The van der Waals surface area contributed by atoms with Gasteiger partial charge in [0.1, 0.15) is 17.3 Å². The van der Waals surface area contributed by atoms with Gasteiger partial charge in [0, 0.05) is 11.6 Å². The number of aliphatic hydroxyl groups is 1. The summed E-state index contributed by atoms with van der Waals surface area (Å²) in [7, 11) is -3.91. The second-order valence-corrected chi connectivity index (χ2v) is 6.58. The first-order valence-electron chi connectivity index (χ1n) is 6.73. The van der Waals surface area contributed by atoms with Crippen molar-refractivity contribution in [3.05, 3.63) is 29.6 Å². The number of halogens is 1. The highest BCUT2D eigenvalue weighted by atomic mass is 32.2. The average molecular weight is 313 g/mol. The van der Waals surface area contributed by atoms with E-state index in [-0.39, 0.29) is 18.6 Å². The van der Waals surface area contributed by atoms with Crippen molar-refractivity contribution in [2.45, 2.75) is 38.1 Å². The Morgan fingerprint density at radius 3 is 2.57 bits per heavy atom. The summed E-state index contributed by atoms with van der Waals surface area (Å²) in [6, 6.07) is 3.36. The van der Waals surface area contributed by atoms with E-state index in [1.165, 1.54) is 12.1 Å². The molecule has 0 bridgehead atoms. The van der Waals surface area contributed by atoms with E-state index < -0.39 is 20.7 Å². The summed E-state index contributed by atoms with van der Waals surface area (Å²) in [5.41, 5.74) is 0.315. The monoisotopic (exact) mass is 313 g/mol. The molecule has 0 amide bonds. The van der Waals surface area contributed by atoms with Gasteiger partial charge < -0.3 is 5.11 Å². The van der Waals surface area contributed by atoms with Crippen LogP contribution in [-0.2, 0) is 10.0 Å². The lowest BCUT2D eigenvalue weighted by Gasteiger charge is -2.20. The average Bonchev–Trinajstić information content (AvgIpc) is 2.43. The van der Waals surface area contributed by atoms with Gasteiger partial charge in [-0.1, -0.05) is 32.1 Å². The number of aliphatic hydroxyl groups excluding tert-OH is 1. The molecule has 1 rings (SSSR count). The lowest BCUT2D eigenvalue weighted by Crippen LogP contribution is -2.37. The molecule has 1 aromatic rings. The van der Waals surface area contributed by atoms with Crippen molar-refractivity contribution in [3.63, 3.8) is 0 Å². The van der Waals surface area contributed by atoms with Crippen molar-refractivity contribution < 1.29 is 17.9 Å². The molecule has 2 atom stereocenters. The Morgan fingerprint density at radius 1 is 1.38 bits per heavy atom. The molecule has 0 aliphatic heterocycles. The summed E-state index contributed by atoms with van der Waals surface area (Å²) in [6.45, 7) is 5.31. The standard InChI is InChI=1S/C15H20FNO3S/c1-4-11(2)12(3)17-21(19,20)15-8-7-13(6-5-9-18)10-14(15)16/h7-8,10-12,17-18H,4,9H2,1-3H3. The van der Waals surface area contributed by atoms with Crippen molar-refractivity contribution in [2.24, 2.45) is 5.92 Å². The predicted molar refractivity (Wildman–Crippen MR) is 79.6 cm³/mol. The van der Waals surface area contributed by atoms with Gasteiger partial charge in [-0.3, -0.25) is 0 Å². The zero-order chi connectivity index (χ0) is 16.0. The fraction of sp³-hybridized carbons (Fsp3) is 0.467. The molecular weight excluding hydrogens is 293 g/mol. The Balaban J connectivity index is 3.04. The second-order valence-electron chi connectivity index (χ2n) is 4.90. The van der Waals surface area contributed by atoms with Gasteiger partial charge in [-0.25, -0.2) is 17.5 Å². The summed E-state index contributed by atoms with van der Waals surface area (Å²) in [5.74, 6) is 4.20. The van der Waals surface area contributed by atoms with Crippen LogP contribution in [-0.4, -0.2) is 26.2 Å². The number of nitrogens with one attached hydrogen (secondary N) is 1. The van der Waals surface area contributed by atoms with Crippen molar-refractivity contribution in [2.75, 3.05) is 6.61 Å². The molecule has 2 unspecified atom stereocenters. The fourth-order valence-corrected chi connectivity index (χ4v) is 3.13. The minimum Gasteiger partial charge on any atom is -0.384 e. The predicted octanol–water partition coefficient (Wildman–Crippen LogP) is 1.88. The first kappa shape index (κ1) is 17.6. The van der Waals surface area contributed by atoms with Gasteiger partial charge in [0.25, 0.3) is 0 Å². The lowest BCUT2D eigenvalue weighted by molar-refractivity contribution is 0.350. The van der Waals surface area contributed by atoms with Crippen molar-refractivity contribution in [1.82, 2.24) is 4.72 Å². The zero-order valence-corrected chi connectivity index (χ0v) is 13.2. The molecule has 6 heteroatoms. The van der Waals surface area contributed by atoms with Crippen molar-refractivity contribution in [3.8, 4) is 11.8 Å². The molecule has 0 saturated heterocycles. The molecule has 1 aromatic carbocycles. The maximum atomic E-state index is 14.0. The van der Waals surface area contributed by atoms with Gasteiger partial charge in [-0.05, 0) is 31.0 Å². The smallest absolute Gasteiger partial charge is 0.243 e. The molecule has 4 nitrogen and oxygen atoms in total. The number of hydrogen-bond acceptors (Lipinski definition) is 3. The summed E-state index contributed by atoms with van der Waals surface area (Å²) < 4.78 is 40.8. The zero-order valence-electron chi connectivity index (χ0n) is 12.4. The Bertz CT molecular complexity index is 647. The Hall–Kier alpha value is -1.42. The molecule has 2 N–H and O–H groups in total. The number of hydrogen-bond donors (Lipinski definition) is 2. The molecule has 0 aromatic heterocycles. The van der Waals surface area contributed by atoms with Crippen molar-refractivity contribution in [1.29, 1.82) is 0 Å². The van der Waals surface area contributed by atoms with Crippen LogP contribution in [0.5, 0.6) is 0 Å². The maximum Gasteiger partial charge on any atom is 0.243 e. The van der Waals surface area contributed by atoms with Gasteiger partial charge in [0.2, 0.25) is 10.0 Å². The van der Waals surface area contributed by atoms with E-state index >= 15 is 0 Å². The highest BCUT2D eigenvalue weighted by molar-refractivity contribution is 7.89. The largest absolute Gasteiger partial charge is 0.384 e. The summed E-state index contributed by atoms with van der Waals surface area (Å²) in [5, 5.41) is 8.58. The molecule has 0 aliphatic rings. The molecule has 0 spiro atoms. The molecule has 0 fully saturated rings. The summed E-state index contributed by atoms with van der Waals surface area (Å²) in [4.78, 5) is -0.396. The first-order chi connectivity index (χ1) is 9.81. The minimum atomic E-state index is -3.91. The van der Waals surface area contributed by atoms with E-state index in [0.717, 1.165) is 12.5 Å². The fourth-order valence-electron chi connectivity index (χ4n) is 1.72. The van der Waals surface area contributed by atoms with E-state index in [1.54, 1.807) is 6.92 Å². The molecule has 0 heterocycles. The van der Waals surface area contributed by atoms with Gasteiger partial charge in [-0.2, -0.15) is 0 Å². The third-order valence-electron chi connectivity index (χ3n) is 3.37. The van der Waals surface area contributed by atoms with Crippen LogP contribution < -0.4 is 4.72 Å². The van der Waals surface area contributed by atoms with Crippen LogP contribution in [0.1, 0.15) is 32.8 Å². The Morgan fingerprint density at radius 2 is 2.05 bits per heavy atom. The van der Waals surface area contributed by atoms with Crippen LogP contribution in [0.4, 0.5) is 4.39 Å². The molecule has 0 radical (unpaired) electrons. The van der Waals surface area contributed by atoms with E-state index in [4.69, 9.17) is 5.11 Å². The minimum absolute atomic E-state index is 0.150. The maximum absolute atomic E-state index is 14.0. The molecule has 0 saturated carbocycles. The quantitative estimate of drug-likeness (QED) is 0.816. The Kier molecular flexibility index (Phi) is 6.34. The van der Waals surface area contributed by atoms with Crippen LogP contribution in [0.15, 0.2) is 23.1 Å². The van der Waals surface area contributed by atoms with Gasteiger partial charge in [0.15, 0.2) is 0 Å². The van der Waals surface area contributed by atoms with Crippen LogP contribution in [0.2, 0.25) is 0 Å². The first-order valence-corrected chi connectivity index (χ1v) is 8.21. The highest BCUT2D eigenvalue weighted by Gasteiger charge is 2.23. The highest BCUT2D eigenvalue weighted by Crippen LogP contribution is 2.18. The van der Waals surface area contributed by atoms with E-state index in [2.05, 4.69) is 16.6 Å². The van der Waals surface area contributed by atoms with E-state index in [1.807, 2.05) is 13.8 Å². The molecule has 21 heavy (non-hydrogen) atoms. The topological polar surface area (TPSA) is 66.4 Å². The third-order valence-corrected chi connectivity index (χ3v) is 4.96. The number of rotatable bonds is 5. The second kappa shape index (κ2) is 7.55. The van der Waals surface area contributed by atoms with Crippen LogP contribution in [0, 0.1) is 23.6 Å². The van der Waals surface area contributed by atoms with Crippen molar-refractivity contribution >= 4 is 10.0 Å². The van der Waals surface area contributed by atoms with Gasteiger partial charge in [-0.15, -0.1) is 0 Å². The molecule has 116 valence electrons. The SMILES string of the molecule is CCC(C)C(C)NS(=O)(=O)c1ccc(C#CCO)cc1F. The number of benzene rings is 1. The van der Waals surface area contributed by atoms with Gasteiger partial charge in [0.05, 0.1) is 0 Å². The van der Waals surface area contributed by atoms with Crippen LogP contribution >= 0.6 is 0 Å². The lowest BCUT2D eigenvalue weighted by atomic mass is 10.0. The normalized spacial score (nSPS) is 14.1. The third kappa shape index (κ3) is 4.81. The number of sulfonamides is 1. The summed E-state index contributed by atoms with van der Waals surface area (Å²) >= 11 is 0. The van der Waals surface area contributed by atoms with E-state index in [0.29, 0.717) is 5.56 Å². The van der Waals surface area contributed by atoms with Crippen LogP contribution in [0.25, 0.3) is 0 Å². The van der Waals surface area contributed by atoms with Gasteiger partial charge >= 0.3 is 0 Å². The molecule has 0 aliphatic carbocycles. The summed E-state index contributed by atoms with van der Waals surface area (Å²) in [6.07, 6.45) is 0.821. The van der Waals surface area contributed by atoms with E-state index in [9.17, 15) is 12.8 Å². The van der Waals surface area contributed by atoms with Crippen LogP contribution in [0.3, 0.4) is 0 Å². The molecular formula is C15H20FNO3S. The Labute approximate surface area is 125 Å².